The molecule has 1 aromatic rings. The molecule has 2 aliphatic rings. The summed E-state index contributed by atoms with van der Waals surface area (Å²) < 4.78 is 16.7. The van der Waals surface area contributed by atoms with Gasteiger partial charge in [-0.25, -0.2) is 0 Å². The van der Waals surface area contributed by atoms with E-state index in [1.165, 1.54) is 0 Å². The highest BCUT2D eigenvalue weighted by Gasteiger charge is 2.49. The first-order valence-electron chi connectivity index (χ1n) is 9.85. The molecule has 0 saturated carbocycles. The van der Waals surface area contributed by atoms with Crippen molar-refractivity contribution in [1.29, 1.82) is 0 Å². The number of ketones is 1. The summed E-state index contributed by atoms with van der Waals surface area (Å²) in [6, 6.07) is 7.47. The van der Waals surface area contributed by atoms with Gasteiger partial charge < -0.3 is 14.2 Å². The van der Waals surface area contributed by atoms with Crippen molar-refractivity contribution in [1.82, 2.24) is 0 Å². The van der Waals surface area contributed by atoms with Gasteiger partial charge in [0.1, 0.15) is 17.4 Å². The van der Waals surface area contributed by atoms with E-state index in [2.05, 4.69) is 0 Å². The molecule has 1 aliphatic heterocycles. The highest BCUT2D eigenvalue weighted by atomic mass is 16.5. The van der Waals surface area contributed by atoms with E-state index < -0.39 is 24.0 Å². The van der Waals surface area contributed by atoms with Gasteiger partial charge in [0.2, 0.25) is 0 Å². The van der Waals surface area contributed by atoms with E-state index in [0.29, 0.717) is 30.8 Å². The van der Waals surface area contributed by atoms with Gasteiger partial charge in [-0.15, -0.1) is 0 Å². The van der Waals surface area contributed by atoms with Crippen molar-refractivity contribution in [3.63, 3.8) is 0 Å². The fourth-order valence-electron chi connectivity index (χ4n) is 4.16. The first kappa shape index (κ1) is 20.4. The van der Waals surface area contributed by atoms with E-state index in [4.69, 9.17) is 19.9 Å². The van der Waals surface area contributed by atoms with Crippen LogP contribution in [0.2, 0.25) is 0 Å². The number of nitrogens with two attached hydrogens (primary N) is 1. The normalized spacial score (nSPS) is 26.3. The van der Waals surface area contributed by atoms with Crippen molar-refractivity contribution >= 4 is 11.8 Å². The summed E-state index contributed by atoms with van der Waals surface area (Å²) in [5.41, 5.74) is 7.46. The maximum absolute atomic E-state index is 13.1. The molecule has 1 heterocycles. The molecule has 3 rings (SSSR count). The molecule has 0 unspecified atom stereocenters. The fourth-order valence-corrected chi connectivity index (χ4v) is 4.16. The molecule has 152 valence electrons. The molecule has 0 radical (unpaired) electrons. The second-order valence-electron chi connectivity index (χ2n) is 8.12. The molecule has 0 fully saturated rings. The second kappa shape index (κ2) is 7.95. The monoisotopic (exact) mass is 387 g/mol. The van der Waals surface area contributed by atoms with E-state index in [9.17, 15) is 9.59 Å². The highest BCUT2D eigenvalue weighted by molar-refractivity contribution is 6.00. The number of allylic oxidation sites excluding steroid dienone is 2. The van der Waals surface area contributed by atoms with Gasteiger partial charge in [0.05, 0.1) is 13.2 Å². The van der Waals surface area contributed by atoms with Crippen LogP contribution in [0, 0.1) is 11.3 Å². The number of rotatable bonds is 5. The van der Waals surface area contributed by atoms with Crippen LogP contribution in [0.1, 0.15) is 52.0 Å². The third kappa shape index (κ3) is 3.92. The van der Waals surface area contributed by atoms with Crippen LogP contribution in [-0.4, -0.2) is 31.2 Å². The molecule has 3 atom stereocenters. The average Bonchev–Trinajstić information content (AvgIpc) is 2.60. The predicted molar refractivity (Wildman–Crippen MR) is 105 cm³/mol. The van der Waals surface area contributed by atoms with E-state index in [1.807, 2.05) is 45.0 Å². The molecule has 0 spiro atoms. The quantitative estimate of drug-likeness (QED) is 0.780. The third-order valence-corrected chi connectivity index (χ3v) is 5.29. The number of carbonyl (C=O) groups is 2. The molecule has 1 aromatic carbocycles. The zero-order valence-corrected chi connectivity index (χ0v) is 17.0. The van der Waals surface area contributed by atoms with Gasteiger partial charge in [0.25, 0.3) is 0 Å². The largest absolute Gasteiger partial charge is 0.494 e. The molecule has 0 saturated heterocycles. The van der Waals surface area contributed by atoms with Crippen molar-refractivity contribution in [2.24, 2.45) is 17.1 Å². The highest BCUT2D eigenvalue weighted by Crippen LogP contribution is 2.49. The Balaban J connectivity index is 2.09. The van der Waals surface area contributed by atoms with Crippen molar-refractivity contribution in [2.75, 3.05) is 13.2 Å². The van der Waals surface area contributed by atoms with Crippen molar-refractivity contribution in [3.05, 3.63) is 41.2 Å². The Labute approximate surface area is 166 Å². The van der Waals surface area contributed by atoms with Crippen LogP contribution >= 0.6 is 0 Å². The Kier molecular flexibility index (Phi) is 5.79. The van der Waals surface area contributed by atoms with Crippen LogP contribution in [0.25, 0.3) is 0 Å². The van der Waals surface area contributed by atoms with Crippen molar-refractivity contribution in [3.8, 4) is 5.75 Å². The minimum atomic E-state index is -0.865. The predicted octanol–water partition coefficient (Wildman–Crippen LogP) is 3.31. The summed E-state index contributed by atoms with van der Waals surface area (Å²) in [6.45, 7) is 8.54. The Hall–Kier alpha value is -2.34. The molecule has 0 bridgehead atoms. The van der Waals surface area contributed by atoms with Gasteiger partial charge >= 0.3 is 5.97 Å². The summed E-state index contributed by atoms with van der Waals surface area (Å²) in [4.78, 5) is 25.8. The number of Topliss-reactive ketones (excluding diaryl/α,β-unsaturated/α-hetero) is 1. The van der Waals surface area contributed by atoms with Gasteiger partial charge in [0.15, 0.2) is 12.0 Å². The van der Waals surface area contributed by atoms with E-state index in [0.717, 1.165) is 11.3 Å². The van der Waals surface area contributed by atoms with Crippen LogP contribution in [0.5, 0.6) is 5.75 Å². The van der Waals surface area contributed by atoms with Crippen LogP contribution in [0.3, 0.4) is 0 Å². The number of hydrogen-bond donors (Lipinski definition) is 1. The van der Waals surface area contributed by atoms with Gasteiger partial charge in [-0.3, -0.25) is 15.3 Å². The van der Waals surface area contributed by atoms with Gasteiger partial charge in [-0.1, -0.05) is 26.0 Å². The molecule has 28 heavy (non-hydrogen) atoms. The number of hydrogen-bond acceptors (Lipinski definition) is 6. The molecular weight excluding hydrogens is 358 g/mol. The number of carbonyl (C=O) groups excluding carboxylic acids is 2. The van der Waals surface area contributed by atoms with Crippen molar-refractivity contribution < 1.29 is 23.8 Å². The molecule has 0 amide bonds. The molecule has 6 heteroatoms. The van der Waals surface area contributed by atoms with Crippen molar-refractivity contribution in [2.45, 2.75) is 52.7 Å². The third-order valence-electron chi connectivity index (χ3n) is 5.29. The summed E-state index contributed by atoms with van der Waals surface area (Å²) in [5, 5.41) is 0. The lowest BCUT2D eigenvalue weighted by atomic mass is 9.68. The summed E-state index contributed by atoms with van der Waals surface area (Å²) >= 11 is 0. The van der Waals surface area contributed by atoms with E-state index >= 15 is 0 Å². The lowest BCUT2D eigenvalue weighted by Crippen LogP contribution is -2.48. The minimum Gasteiger partial charge on any atom is -0.494 e. The lowest BCUT2D eigenvalue weighted by molar-refractivity contribution is -0.155. The second-order valence-corrected chi connectivity index (χ2v) is 8.12. The SMILES string of the molecule is CCOC(=O)[C@@H]1[C@@H](N)OC2=C(C(=O)CC(C)(C)C2)[C@H]1c1ccc(OCC)cc1. The molecule has 6 nitrogen and oxygen atoms in total. The molecule has 1 aliphatic carbocycles. The summed E-state index contributed by atoms with van der Waals surface area (Å²) in [7, 11) is 0. The minimum absolute atomic E-state index is 0.00586. The van der Waals surface area contributed by atoms with E-state index in [-0.39, 0.29) is 17.8 Å². The van der Waals surface area contributed by atoms with Crippen LogP contribution in [-0.2, 0) is 19.1 Å². The van der Waals surface area contributed by atoms with Gasteiger partial charge in [-0.05, 0) is 37.0 Å². The van der Waals surface area contributed by atoms with Crippen LogP contribution < -0.4 is 10.5 Å². The zero-order chi connectivity index (χ0) is 20.5. The molecular formula is C22H29NO5. The summed E-state index contributed by atoms with van der Waals surface area (Å²) in [5.74, 6) is -0.364. The van der Waals surface area contributed by atoms with Crippen LogP contribution in [0.15, 0.2) is 35.6 Å². The smallest absolute Gasteiger partial charge is 0.315 e. The fraction of sp³-hybridized carbons (Fsp3) is 0.545. The number of esters is 1. The molecule has 2 N–H and O–H groups in total. The maximum Gasteiger partial charge on any atom is 0.315 e. The van der Waals surface area contributed by atoms with Gasteiger partial charge in [-0.2, -0.15) is 0 Å². The Morgan fingerprint density at radius 1 is 1.18 bits per heavy atom. The zero-order valence-electron chi connectivity index (χ0n) is 17.0. The number of benzene rings is 1. The number of ether oxygens (including phenoxy) is 3. The Bertz CT molecular complexity index is 781. The van der Waals surface area contributed by atoms with Gasteiger partial charge in [0, 0.05) is 24.3 Å². The topological polar surface area (TPSA) is 87.9 Å². The lowest BCUT2D eigenvalue weighted by Gasteiger charge is -2.42. The summed E-state index contributed by atoms with van der Waals surface area (Å²) in [6.07, 6.45) is 0.161. The van der Waals surface area contributed by atoms with Crippen LogP contribution in [0.4, 0.5) is 0 Å². The maximum atomic E-state index is 13.1. The Morgan fingerprint density at radius 2 is 1.86 bits per heavy atom. The standard InChI is InChI=1S/C22H29NO5/c1-5-26-14-9-7-13(8-10-14)17-18-15(24)11-22(3,4)12-16(18)28-20(23)19(17)21(25)27-6-2/h7-10,17,19-20H,5-6,11-12,23H2,1-4H3/t17-,19+,20+/m1/s1. The first-order chi connectivity index (χ1) is 13.3. The molecule has 0 aromatic heterocycles. The Morgan fingerprint density at radius 3 is 2.46 bits per heavy atom. The average molecular weight is 387 g/mol. The first-order valence-corrected chi connectivity index (χ1v) is 9.85. The van der Waals surface area contributed by atoms with E-state index in [1.54, 1.807) is 6.92 Å².